The molecule has 0 radical (unpaired) electrons. The van der Waals surface area contributed by atoms with Crippen LogP contribution in [0.1, 0.15) is 17.2 Å². The fraction of sp³-hybridized carbons (Fsp3) is 0.300. The van der Waals surface area contributed by atoms with Crippen LogP contribution in [0.5, 0.6) is 0 Å². The normalized spacial score (nSPS) is 14.7. The molecule has 4 nitrogen and oxygen atoms in total. The zero-order valence-electron chi connectivity index (χ0n) is 8.14. The van der Waals surface area contributed by atoms with Gasteiger partial charge in [-0.05, 0) is 24.1 Å². The molecule has 1 aromatic rings. The van der Waals surface area contributed by atoms with Gasteiger partial charge in [-0.1, -0.05) is 12.1 Å². The molecular formula is C10H12FNO3. The number of hydrogen-bond acceptors (Lipinski definition) is 3. The maximum absolute atomic E-state index is 13.1. The summed E-state index contributed by atoms with van der Waals surface area (Å²) < 4.78 is 13.1. The monoisotopic (exact) mass is 213 g/mol. The van der Waals surface area contributed by atoms with Crippen molar-refractivity contribution < 1.29 is 19.4 Å². The minimum atomic E-state index is -1.45. The summed E-state index contributed by atoms with van der Waals surface area (Å²) in [5, 5.41) is 18.2. The number of aliphatic hydroxyl groups is 1. The van der Waals surface area contributed by atoms with Crippen molar-refractivity contribution in [3.63, 3.8) is 0 Å². The predicted molar refractivity (Wildman–Crippen MR) is 51.7 cm³/mol. The first kappa shape index (κ1) is 11.6. The molecule has 4 N–H and O–H groups in total. The molecule has 1 rings (SSSR count). The number of hydrogen-bond donors (Lipinski definition) is 3. The van der Waals surface area contributed by atoms with Gasteiger partial charge >= 0.3 is 5.97 Å². The lowest BCUT2D eigenvalue weighted by atomic mass is 9.98. The van der Waals surface area contributed by atoms with E-state index in [9.17, 15) is 14.3 Å². The predicted octanol–water partition coefficient (Wildman–Crippen LogP) is 0.579. The zero-order chi connectivity index (χ0) is 11.6. The molecule has 0 bridgehead atoms. The Balaban J connectivity index is 3.06. The molecule has 0 aromatic heterocycles. The van der Waals surface area contributed by atoms with Crippen molar-refractivity contribution in [2.45, 2.75) is 19.1 Å². The largest absolute Gasteiger partial charge is 0.480 e. The van der Waals surface area contributed by atoms with Crippen LogP contribution in [-0.4, -0.2) is 22.2 Å². The minimum Gasteiger partial charge on any atom is -0.480 e. The fourth-order valence-corrected chi connectivity index (χ4v) is 1.27. The van der Waals surface area contributed by atoms with Gasteiger partial charge in [-0.25, -0.2) is 4.39 Å². The Kier molecular flexibility index (Phi) is 3.39. The number of rotatable bonds is 3. The van der Waals surface area contributed by atoms with Crippen LogP contribution >= 0.6 is 0 Å². The summed E-state index contributed by atoms with van der Waals surface area (Å²) >= 11 is 0. The maximum Gasteiger partial charge on any atom is 0.323 e. The van der Waals surface area contributed by atoms with Gasteiger partial charge in [0.25, 0.3) is 0 Å². The van der Waals surface area contributed by atoms with Gasteiger partial charge in [-0.2, -0.15) is 0 Å². The third-order valence-electron chi connectivity index (χ3n) is 2.25. The topological polar surface area (TPSA) is 83.5 Å². The van der Waals surface area contributed by atoms with Crippen LogP contribution in [0.25, 0.3) is 0 Å². The van der Waals surface area contributed by atoms with Gasteiger partial charge in [0.1, 0.15) is 18.0 Å². The van der Waals surface area contributed by atoms with E-state index < -0.39 is 23.9 Å². The summed E-state index contributed by atoms with van der Waals surface area (Å²) in [6.45, 7) is 1.46. The van der Waals surface area contributed by atoms with Gasteiger partial charge in [-0.15, -0.1) is 0 Å². The Bertz CT molecular complexity index is 381. The summed E-state index contributed by atoms with van der Waals surface area (Å²) in [7, 11) is 0. The molecule has 2 unspecified atom stereocenters. The third-order valence-corrected chi connectivity index (χ3v) is 2.25. The lowest BCUT2D eigenvalue weighted by molar-refractivity contribution is -0.141. The summed E-state index contributed by atoms with van der Waals surface area (Å²) in [6, 6.07) is 2.63. The molecule has 5 heteroatoms. The quantitative estimate of drug-likeness (QED) is 0.685. The number of halogens is 1. The van der Waals surface area contributed by atoms with E-state index >= 15 is 0 Å². The van der Waals surface area contributed by atoms with E-state index in [0.29, 0.717) is 0 Å². The van der Waals surface area contributed by atoms with Crippen LogP contribution in [0.15, 0.2) is 18.2 Å². The molecule has 82 valence electrons. The van der Waals surface area contributed by atoms with Crippen LogP contribution in [0, 0.1) is 12.7 Å². The Labute approximate surface area is 86.1 Å². The van der Waals surface area contributed by atoms with Gasteiger partial charge in [0.15, 0.2) is 0 Å². The molecule has 0 heterocycles. The second-order valence-corrected chi connectivity index (χ2v) is 3.26. The van der Waals surface area contributed by atoms with E-state index in [1.165, 1.54) is 25.1 Å². The first-order valence-corrected chi connectivity index (χ1v) is 4.36. The molecule has 0 aliphatic carbocycles. The fourth-order valence-electron chi connectivity index (χ4n) is 1.27. The molecule has 1 aromatic carbocycles. The van der Waals surface area contributed by atoms with E-state index in [0.717, 1.165) is 0 Å². The molecule has 15 heavy (non-hydrogen) atoms. The summed E-state index contributed by atoms with van der Waals surface area (Å²) in [4.78, 5) is 10.5. The van der Waals surface area contributed by atoms with Crippen molar-refractivity contribution in [2.75, 3.05) is 0 Å². The van der Waals surface area contributed by atoms with E-state index in [-0.39, 0.29) is 11.1 Å². The van der Waals surface area contributed by atoms with Crippen molar-refractivity contribution >= 4 is 5.97 Å². The lowest BCUT2D eigenvalue weighted by Crippen LogP contribution is -2.36. The van der Waals surface area contributed by atoms with Crippen LogP contribution in [-0.2, 0) is 4.79 Å². The minimum absolute atomic E-state index is 0.199. The third kappa shape index (κ3) is 2.31. The number of carboxylic acids is 1. The highest BCUT2D eigenvalue weighted by Crippen LogP contribution is 2.21. The molecule has 0 aliphatic rings. The van der Waals surface area contributed by atoms with E-state index in [1.54, 1.807) is 0 Å². The van der Waals surface area contributed by atoms with Gasteiger partial charge < -0.3 is 15.9 Å². The van der Waals surface area contributed by atoms with Gasteiger partial charge in [0, 0.05) is 0 Å². The van der Waals surface area contributed by atoms with Crippen molar-refractivity contribution in [3.05, 3.63) is 35.1 Å². The highest BCUT2D eigenvalue weighted by molar-refractivity contribution is 5.74. The first-order chi connectivity index (χ1) is 6.95. The first-order valence-electron chi connectivity index (χ1n) is 4.36. The highest BCUT2D eigenvalue weighted by Gasteiger charge is 2.25. The van der Waals surface area contributed by atoms with Crippen molar-refractivity contribution in [2.24, 2.45) is 5.73 Å². The number of nitrogens with two attached hydrogens (primary N) is 1. The molecule has 0 spiro atoms. The van der Waals surface area contributed by atoms with E-state index in [1.807, 2.05) is 0 Å². The SMILES string of the molecule is Cc1c(F)cccc1C(O)C(N)C(=O)O. The Morgan fingerprint density at radius 3 is 2.67 bits per heavy atom. The average Bonchev–Trinajstić information content (AvgIpc) is 2.20. The standard InChI is InChI=1S/C10H12FNO3/c1-5-6(3-2-4-7(5)11)9(13)8(12)10(14)15/h2-4,8-9,13H,12H2,1H3,(H,14,15). The van der Waals surface area contributed by atoms with Crippen molar-refractivity contribution in [1.29, 1.82) is 0 Å². The Morgan fingerprint density at radius 2 is 2.13 bits per heavy atom. The van der Waals surface area contributed by atoms with Gasteiger partial charge in [0.05, 0.1) is 0 Å². The van der Waals surface area contributed by atoms with Gasteiger partial charge in [0.2, 0.25) is 0 Å². The van der Waals surface area contributed by atoms with Crippen LogP contribution in [0.4, 0.5) is 4.39 Å². The molecular weight excluding hydrogens is 201 g/mol. The second-order valence-electron chi connectivity index (χ2n) is 3.26. The van der Waals surface area contributed by atoms with Crippen molar-refractivity contribution in [1.82, 2.24) is 0 Å². The van der Waals surface area contributed by atoms with Crippen LogP contribution in [0.2, 0.25) is 0 Å². The van der Waals surface area contributed by atoms with Crippen LogP contribution in [0.3, 0.4) is 0 Å². The lowest BCUT2D eigenvalue weighted by Gasteiger charge is -2.17. The van der Waals surface area contributed by atoms with Crippen molar-refractivity contribution in [3.8, 4) is 0 Å². The number of aliphatic carboxylic acids is 1. The summed E-state index contributed by atoms with van der Waals surface area (Å²) in [6.07, 6.45) is -1.40. The summed E-state index contributed by atoms with van der Waals surface area (Å²) in [5.74, 6) is -1.82. The van der Waals surface area contributed by atoms with E-state index in [4.69, 9.17) is 10.8 Å². The molecule has 0 aliphatic heterocycles. The van der Waals surface area contributed by atoms with E-state index in [2.05, 4.69) is 0 Å². The smallest absolute Gasteiger partial charge is 0.323 e. The Hall–Kier alpha value is -1.46. The number of aliphatic hydroxyl groups excluding tert-OH is 1. The Morgan fingerprint density at radius 1 is 1.53 bits per heavy atom. The van der Waals surface area contributed by atoms with Crippen LogP contribution < -0.4 is 5.73 Å². The van der Waals surface area contributed by atoms with Gasteiger partial charge in [-0.3, -0.25) is 4.79 Å². The molecule has 0 saturated carbocycles. The molecule has 0 fully saturated rings. The number of benzene rings is 1. The second kappa shape index (κ2) is 4.37. The molecule has 0 saturated heterocycles. The molecule has 2 atom stereocenters. The molecule has 0 amide bonds. The maximum atomic E-state index is 13.1. The summed E-state index contributed by atoms with van der Waals surface area (Å²) in [5.41, 5.74) is 5.65. The average molecular weight is 213 g/mol. The zero-order valence-corrected chi connectivity index (χ0v) is 8.14. The number of carbonyl (C=O) groups is 1. The number of carboxylic acid groups (broad SMARTS) is 1. The highest BCUT2D eigenvalue weighted by atomic mass is 19.1.